The number of halogens is 1. The molecule has 136 valence electrons. The topological polar surface area (TPSA) is 66.6 Å². The Bertz CT molecular complexity index is 795. The van der Waals surface area contributed by atoms with Gasteiger partial charge in [-0.05, 0) is 48.7 Å². The van der Waals surface area contributed by atoms with Gasteiger partial charge in [0, 0.05) is 30.9 Å². The average molecular weight is 355 g/mol. The minimum atomic E-state index is -0.447. The highest BCUT2D eigenvalue weighted by molar-refractivity contribution is 5.97. The van der Waals surface area contributed by atoms with Gasteiger partial charge in [-0.3, -0.25) is 9.59 Å². The molecule has 0 saturated heterocycles. The van der Waals surface area contributed by atoms with Crippen LogP contribution in [-0.4, -0.2) is 31.4 Å². The molecule has 1 heterocycles. The number of nitrogens with zero attached hydrogens (tertiary/aromatic N) is 2. The van der Waals surface area contributed by atoms with Gasteiger partial charge < -0.3 is 15.5 Å². The normalized spacial score (nSPS) is 13.2. The standard InChI is InChI=1S/C20H22FN3O2/c21-16-8-9-18-15(13-16)5-4-11-23(18)14-20(26)24(12-10-19(22)25)17-6-2-1-3-7-17/h1-3,6-9,13H,4-5,10-12,14H2,(H2,22,25). The Hall–Kier alpha value is -2.89. The van der Waals surface area contributed by atoms with Crippen molar-refractivity contribution in [1.82, 2.24) is 0 Å². The molecule has 5 nitrogen and oxygen atoms in total. The lowest BCUT2D eigenvalue weighted by Crippen LogP contribution is -2.43. The molecule has 0 bridgehead atoms. The van der Waals surface area contributed by atoms with Gasteiger partial charge in [0.15, 0.2) is 0 Å². The summed E-state index contributed by atoms with van der Waals surface area (Å²) in [6, 6.07) is 13.9. The van der Waals surface area contributed by atoms with E-state index in [0.29, 0.717) is 0 Å². The fourth-order valence-electron chi connectivity index (χ4n) is 3.28. The number of rotatable bonds is 6. The summed E-state index contributed by atoms with van der Waals surface area (Å²) >= 11 is 0. The second-order valence-corrected chi connectivity index (χ2v) is 6.40. The highest BCUT2D eigenvalue weighted by Crippen LogP contribution is 2.28. The van der Waals surface area contributed by atoms with E-state index in [0.717, 1.165) is 36.3 Å². The van der Waals surface area contributed by atoms with Gasteiger partial charge in [0.2, 0.25) is 11.8 Å². The van der Waals surface area contributed by atoms with Crippen molar-refractivity contribution < 1.29 is 14.0 Å². The Morgan fingerprint density at radius 3 is 2.65 bits per heavy atom. The molecule has 1 aliphatic rings. The molecule has 0 spiro atoms. The number of para-hydroxylation sites is 1. The van der Waals surface area contributed by atoms with Crippen molar-refractivity contribution in [3.63, 3.8) is 0 Å². The van der Waals surface area contributed by atoms with E-state index in [9.17, 15) is 14.0 Å². The van der Waals surface area contributed by atoms with Crippen molar-refractivity contribution in [1.29, 1.82) is 0 Å². The van der Waals surface area contributed by atoms with Crippen LogP contribution in [0.15, 0.2) is 48.5 Å². The average Bonchev–Trinajstić information content (AvgIpc) is 2.62. The van der Waals surface area contributed by atoms with E-state index in [2.05, 4.69) is 0 Å². The van der Waals surface area contributed by atoms with Crippen LogP contribution in [0, 0.1) is 5.82 Å². The molecule has 1 aliphatic heterocycles. The molecule has 0 unspecified atom stereocenters. The number of aryl methyl sites for hydroxylation is 1. The van der Waals surface area contributed by atoms with Gasteiger partial charge in [-0.15, -0.1) is 0 Å². The van der Waals surface area contributed by atoms with Gasteiger partial charge in [0.05, 0.1) is 6.54 Å². The van der Waals surface area contributed by atoms with Crippen LogP contribution in [0.3, 0.4) is 0 Å². The first-order valence-corrected chi connectivity index (χ1v) is 8.71. The van der Waals surface area contributed by atoms with Gasteiger partial charge in [0.1, 0.15) is 5.82 Å². The van der Waals surface area contributed by atoms with E-state index < -0.39 is 5.91 Å². The first-order chi connectivity index (χ1) is 12.5. The van der Waals surface area contributed by atoms with Gasteiger partial charge in [-0.1, -0.05) is 18.2 Å². The summed E-state index contributed by atoms with van der Waals surface area (Å²) in [5, 5.41) is 0. The third kappa shape index (κ3) is 4.20. The van der Waals surface area contributed by atoms with Crippen molar-refractivity contribution in [3.8, 4) is 0 Å². The van der Waals surface area contributed by atoms with Crippen molar-refractivity contribution >= 4 is 23.2 Å². The third-order valence-corrected chi connectivity index (χ3v) is 4.53. The number of carbonyl (C=O) groups excluding carboxylic acids is 2. The van der Waals surface area contributed by atoms with Crippen LogP contribution in [0.2, 0.25) is 0 Å². The smallest absolute Gasteiger partial charge is 0.246 e. The Kier molecular flexibility index (Phi) is 5.51. The molecular weight excluding hydrogens is 333 g/mol. The summed E-state index contributed by atoms with van der Waals surface area (Å²) in [7, 11) is 0. The van der Waals surface area contributed by atoms with E-state index in [4.69, 9.17) is 5.73 Å². The van der Waals surface area contributed by atoms with Crippen LogP contribution < -0.4 is 15.5 Å². The van der Waals surface area contributed by atoms with Gasteiger partial charge in [-0.2, -0.15) is 0 Å². The van der Waals surface area contributed by atoms with Crippen LogP contribution in [-0.2, 0) is 16.0 Å². The maximum absolute atomic E-state index is 13.5. The van der Waals surface area contributed by atoms with Crippen LogP contribution in [0.4, 0.5) is 15.8 Å². The van der Waals surface area contributed by atoms with Gasteiger partial charge >= 0.3 is 0 Å². The number of nitrogens with two attached hydrogens (primary N) is 1. The lowest BCUT2D eigenvalue weighted by Gasteiger charge is -2.33. The molecule has 0 radical (unpaired) electrons. The Morgan fingerprint density at radius 2 is 1.92 bits per heavy atom. The van der Waals surface area contributed by atoms with Gasteiger partial charge in [0.25, 0.3) is 0 Å². The molecule has 2 amide bonds. The number of primary amides is 1. The SMILES string of the molecule is NC(=O)CCN(C(=O)CN1CCCc2cc(F)ccc21)c1ccccc1. The largest absolute Gasteiger partial charge is 0.370 e. The molecule has 3 rings (SSSR count). The monoisotopic (exact) mass is 355 g/mol. The Labute approximate surface area is 152 Å². The second kappa shape index (κ2) is 7.99. The minimum Gasteiger partial charge on any atom is -0.370 e. The zero-order valence-corrected chi connectivity index (χ0v) is 14.5. The van der Waals surface area contributed by atoms with Crippen LogP contribution in [0.1, 0.15) is 18.4 Å². The van der Waals surface area contributed by atoms with Crippen molar-refractivity contribution in [3.05, 3.63) is 59.9 Å². The number of carbonyl (C=O) groups is 2. The number of fused-ring (bicyclic) bond motifs is 1. The van der Waals surface area contributed by atoms with E-state index in [1.165, 1.54) is 12.1 Å². The molecule has 26 heavy (non-hydrogen) atoms. The quantitative estimate of drug-likeness (QED) is 0.866. The summed E-state index contributed by atoms with van der Waals surface area (Å²) in [6.07, 6.45) is 1.78. The first-order valence-electron chi connectivity index (χ1n) is 8.71. The van der Waals surface area contributed by atoms with Crippen molar-refractivity contribution in [2.75, 3.05) is 29.4 Å². The summed E-state index contributed by atoms with van der Waals surface area (Å²) in [5.41, 5.74) is 7.81. The molecule has 0 aliphatic carbocycles. The van der Waals surface area contributed by atoms with Crippen LogP contribution in [0.5, 0.6) is 0 Å². The number of amides is 2. The number of hydrogen-bond donors (Lipinski definition) is 1. The molecule has 0 aromatic heterocycles. The molecular formula is C20H22FN3O2. The summed E-state index contributed by atoms with van der Waals surface area (Å²) in [5.74, 6) is -0.823. The van der Waals surface area contributed by atoms with Crippen molar-refractivity contribution in [2.45, 2.75) is 19.3 Å². The molecule has 0 atom stereocenters. The molecule has 2 aromatic carbocycles. The highest BCUT2D eigenvalue weighted by atomic mass is 19.1. The number of benzene rings is 2. The van der Waals surface area contributed by atoms with Gasteiger partial charge in [-0.25, -0.2) is 4.39 Å². The predicted octanol–water partition coefficient (Wildman–Crippen LogP) is 2.49. The number of hydrogen-bond acceptors (Lipinski definition) is 3. The fourth-order valence-corrected chi connectivity index (χ4v) is 3.28. The van der Waals surface area contributed by atoms with E-state index in [-0.39, 0.29) is 31.2 Å². The maximum Gasteiger partial charge on any atom is 0.246 e. The third-order valence-electron chi connectivity index (χ3n) is 4.53. The molecule has 0 fully saturated rings. The summed E-state index contributed by atoms with van der Waals surface area (Å²) in [4.78, 5) is 27.7. The lowest BCUT2D eigenvalue weighted by atomic mass is 10.0. The predicted molar refractivity (Wildman–Crippen MR) is 99.5 cm³/mol. The molecule has 6 heteroatoms. The Balaban J connectivity index is 1.79. The fraction of sp³-hybridized carbons (Fsp3) is 0.300. The van der Waals surface area contributed by atoms with E-state index >= 15 is 0 Å². The van der Waals surface area contributed by atoms with E-state index in [1.807, 2.05) is 35.2 Å². The van der Waals surface area contributed by atoms with Crippen molar-refractivity contribution in [2.24, 2.45) is 5.73 Å². The first kappa shape index (κ1) is 17.9. The molecule has 2 N–H and O–H groups in total. The summed E-state index contributed by atoms with van der Waals surface area (Å²) in [6.45, 7) is 1.15. The molecule has 0 saturated carbocycles. The Morgan fingerprint density at radius 1 is 1.15 bits per heavy atom. The van der Waals surface area contributed by atoms with Crippen LogP contribution >= 0.6 is 0 Å². The lowest BCUT2D eigenvalue weighted by molar-refractivity contribution is -0.118. The summed E-state index contributed by atoms with van der Waals surface area (Å²) < 4.78 is 13.5. The second-order valence-electron chi connectivity index (χ2n) is 6.40. The zero-order valence-electron chi connectivity index (χ0n) is 14.5. The highest BCUT2D eigenvalue weighted by Gasteiger charge is 2.23. The minimum absolute atomic E-state index is 0.0996. The maximum atomic E-state index is 13.5. The van der Waals surface area contributed by atoms with E-state index in [1.54, 1.807) is 11.0 Å². The van der Waals surface area contributed by atoms with Crippen LogP contribution in [0.25, 0.3) is 0 Å². The molecule has 2 aromatic rings. The number of anilines is 2. The zero-order chi connectivity index (χ0) is 18.5.